The molecule has 44 heavy (non-hydrogen) atoms. The van der Waals surface area contributed by atoms with Gasteiger partial charge in [-0.05, 0) is 48.8 Å². The molecule has 0 aromatic heterocycles. The number of aliphatic hydroxyl groups excluding tert-OH is 1. The highest BCUT2D eigenvalue weighted by atomic mass is 16.6. The zero-order valence-corrected chi connectivity index (χ0v) is 25.4. The van der Waals surface area contributed by atoms with E-state index in [0.717, 1.165) is 0 Å². The van der Waals surface area contributed by atoms with E-state index in [1.165, 1.54) is 0 Å². The van der Waals surface area contributed by atoms with Crippen LogP contribution in [0, 0.1) is 11.8 Å². The van der Waals surface area contributed by atoms with Gasteiger partial charge in [-0.2, -0.15) is 0 Å². The first-order valence-corrected chi connectivity index (χ1v) is 14.2. The van der Waals surface area contributed by atoms with Crippen LogP contribution in [0.1, 0.15) is 58.9 Å². The summed E-state index contributed by atoms with van der Waals surface area (Å²) in [6.45, 7) is 7.17. The Hall–Kier alpha value is -4.44. The van der Waals surface area contributed by atoms with Crippen molar-refractivity contribution in [3.05, 3.63) is 29.8 Å². The van der Waals surface area contributed by atoms with E-state index in [0.29, 0.717) is 17.7 Å². The van der Waals surface area contributed by atoms with Crippen LogP contribution in [0.4, 0.5) is 15.3 Å². The maximum Gasteiger partial charge on any atom is 0.409 e. The third-order valence-corrected chi connectivity index (χ3v) is 6.22. The van der Waals surface area contributed by atoms with Gasteiger partial charge in [0.2, 0.25) is 17.7 Å². The van der Waals surface area contributed by atoms with Crippen molar-refractivity contribution in [1.82, 2.24) is 21.3 Å². The lowest BCUT2D eigenvalue weighted by Crippen LogP contribution is -2.51. The van der Waals surface area contributed by atoms with E-state index in [1.807, 2.05) is 0 Å². The van der Waals surface area contributed by atoms with Gasteiger partial charge in [0.25, 0.3) is 0 Å². The normalized spacial score (nSPS) is 13.6. The first-order chi connectivity index (χ1) is 20.6. The molecule has 0 aliphatic carbocycles. The number of carbonyl (C=O) groups is 6. The molecule has 16 heteroatoms. The van der Waals surface area contributed by atoms with Crippen LogP contribution in [0.5, 0.6) is 0 Å². The molecular formula is C28H45N7O9. The quantitative estimate of drug-likeness (QED) is 0.0786. The second-order valence-corrected chi connectivity index (χ2v) is 11.0. The van der Waals surface area contributed by atoms with Crippen molar-refractivity contribution in [3.8, 4) is 0 Å². The number of aliphatic hydroxyl groups is 1. The molecule has 0 aliphatic heterocycles. The zero-order chi connectivity index (χ0) is 33.4. The molecule has 16 nitrogen and oxygen atoms in total. The number of nitrogens with one attached hydrogen (secondary N) is 5. The van der Waals surface area contributed by atoms with Gasteiger partial charge in [-0.3, -0.25) is 19.7 Å². The lowest BCUT2D eigenvalue weighted by Gasteiger charge is -2.22. The van der Waals surface area contributed by atoms with Crippen molar-refractivity contribution in [2.24, 2.45) is 23.3 Å². The second-order valence-electron chi connectivity index (χ2n) is 11.0. The van der Waals surface area contributed by atoms with Crippen molar-refractivity contribution >= 4 is 41.5 Å². The summed E-state index contributed by atoms with van der Waals surface area (Å²) in [6.07, 6.45) is -2.42. The van der Waals surface area contributed by atoms with Gasteiger partial charge in [-0.25, -0.2) is 14.4 Å². The molecule has 0 aliphatic rings. The molecule has 0 saturated heterocycles. The average molecular weight is 624 g/mol. The third kappa shape index (κ3) is 15.2. The molecule has 0 heterocycles. The number of hydrogen-bond acceptors (Lipinski definition) is 9. The van der Waals surface area contributed by atoms with Gasteiger partial charge >= 0.3 is 18.1 Å². The lowest BCUT2D eigenvalue weighted by molar-refractivity contribution is -0.142. The molecule has 0 fully saturated rings. The Kier molecular flexibility index (Phi) is 16.2. The minimum absolute atomic E-state index is 0.0155. The molecule has 0 radical (unpaired) electrons. The Balaban J connectivity index is 2.64. The van der Waals surface area contributed by atoms with Crippen LogP contribution in [0.3, 0.4) is 0 Å². The summed E-state index contributed by atoms with van der Waals surface area (Å²) in [5.74, 6) is -3.09. The number of urea groups is 1. The topological polar surface area (TPSA) is 264 Å². The Morgan fingerprint density at radius 3 is 2.09 bits per heavy atom. The highest BCUT2D eigenvalue weighted by Gasteiger charge is 2.26. The molecule has 4 atom stereocenters. The average Bonchev–Trinajstić information content (AvgIpc) is 2.92. The molecule has 0 saturated carbocycles. The predicted octanol–water partition coefficient (Wildman–Crippen LogP) is 0.0919. The number of anilines is 1. The zero-order valence-electron chi connectivity index (χ0n) is 25.4. The first-order valence-electron chi connectivity index (χ1n) is 14.2. The van der Waals surface area contributed by atoms with Gasteiger partial charge in [0.15, 0.2) is 0 Å². The van der Waals surface area contributed by atoms with Crippen LogP contribution in [0.2, 0.25) is 0 Å². The summed E-state index contributed by atoms with van der Waals surface area (Å²) >= 11 is 0. The summed E-state index contributed by atoms with van der Waals surface area (Å²) in [6, 6.07) is 2.68. The number of hydrogen-bond donors (Lipinski definition) is 9. The lowest BCUT2D eigenvalue weighted by atomic mass is 10.0. The summed E-state index contributed by atoms with van der Waals surface area (Å²) in [4.78, 5) is 71.7. The highest BCUT2D eigenvalue weighted by Crippen LogP contribution is 2.13. The van der Waals surface area contributed by atoms with Gasteiger partial charge in [0, 0.05) is 12.2 Å². The molecule has 6 amide bonds. The van der Waals surface area contributed by atoms with Crippen LogP contribution in [0.25, 0.3) is 0 Å². The number of benzene rings is 1. The van der Waals surface area contributed by atoms with E-state index in [9.17, 15) is 39.0 Å². The number of carbonyl (C=O) groups excluding carboxylic acids is 5. The highest BCUT2D eigenvalue weighted by molar-refractivity contribution is 5.97. The Morgan fingerprint density at radius 2 is 1.55 bits per heavy atom. The Morgan fingerprint density at radius 1 is 0.909 bits per heavy atom. The Bertz CT molecular complexity index is 1130. The van der Waals surface area contributed by atoms with E-state index < -0.39 is 66.6 Å². The minimum Gasteiger partial charge on any atom is -0.480 e. The molecular weight excluding hydrogens is 578 g/mol. The number of ether oxygens (including phenoxy) is 1. The molecule has 1 aromatic carbocycles. The molecule has 0 bridgehead atoms. The van der Waals surface area contributed by atoms with Crippen LogP contribution < -0.4 is 38.1 Å². The van der Waals surface area contributed by atoms with Gasteiger partial charge in [0.1, 0.15) is 24.9 Å². The smallest absolute Gasteiger partial charge is 0.409 e. The van der Waals surface area contributed by atoms with Crippen LogP contribution >= 0.6 is 0 Å². The van der Waals surface area contributed by atoms with E-state index in [4.69, 9.17) is 16.2 Å². The number of amides is 6. The number of alkyl carbamates (subject to hydrolysis) is 1. The molecule has 11 N–H and O–H groups in total. The molecule has 1 unspecified atom stereocenters. The van der Waals surface area contributed by atoms with E-state index in [2.05, 4.69) is 26.6 Å². The van der Waals surface area contributed by atoms with Gasteiger partial charge in [-0.15, -0.1) is 0 Å². The molecule has 246 valence electrons. The number of nitrogens with two attached hydrogens (primary N) is 2. The number of aliphatic carboxylic acids is 1. The fraction of sp³-hybridized carbons (Fsp3) is 0.571. The van der Waals surface area contributed by atoms with Crippen molar-refractivity contribution in [2.75, 3.05) is 11.9 Å². The van der Waals surface area contributed by atoms with Gasteiger partial charge in [-0.1, -0.05) is 39.8 Å². The maximum absolute atomic E-state index is 12.9. The summed E-state index contributed by atoms with van der Waals surface area (Å²) in [5, 5.41) is 31.3. The summed E-state index contributed by atoms with van der Waals surface area (Å²) in [7, 11) is 0. The minimum atomic E-state index is -1.61. The first kappa shape index (κ1) is 37.6. The van der Waals surface area contributed by atoms with Gasteiger partial charge < -0.3 is 47.7 Å². The third-order valence-electron chi connectivity index (χ3n) is 6.22. The van der Waals surface area contributed by atoms with E-state index >= 15 is 0 Å². The number of rotatable bonds is 18. The largest absolute Gasteiger partial charge is 0.480 e. The van der Waals surface area contributed by atoms with Crippen molar-refractivity contribution in [2.45, 2.75) is 84.3 Å². The summed E-state index contributed by atoms with van der Waals surface area (Å²) < 4.78 is 5.05. The van der Waals surface area contributed by atoms with Crippen LogP contribution in [-0.2, 0) is 30.5 Å². The molecule has 1 aromatic rings. The predicted molar refractivity (Wildman–Crippen MR) is 160 cm³/mol. The van der Waals surface area contributed by atoms with Gasteiger partial charge in [0.05, 0.1) is 12.5 Å². The van der Waals surface area contributed by atoms with E-state index in [1.54, 1.807) is 52.0 Å². The van der Waals surface area contributed by atoms with Crippen LogP contribution in [-0.4, -0.2) is 76.9 Å². The van der Waals surface area contributed by atoms with Crippen molar-refractivity contribution in [1.29, 1.82) is 0 Å². The Labute approximate surface area is 256 Å². The van der Waals surface area contributed by atoms with Crippen molar-refractivity contribution in [3.63, 3.8) is 0 Å². The molecule has 0 spiro atoms. The maximum atomic E-state index is 12.9. The monoisotopic (exact) mass is 623 g/mol. The number of carboxylic acid groups (broad SMARTS) is 1. The number of primary amides is 1. The second kappa shape index (κ2) is 19.0. The van der Waals surface area contributed by atoms with E-state index in [-0.39, 0.29) is 37.8 Å². The number of carboxylic acids is 1. The molecule has 1 rings (SSSR count). The standard InChI is InChI=1S/C28H45N7O9/c1-15(2)12-20(26(40)41)33-21(36)13-22(37)35-28(43)44-14-17-7-9-18(10-8-17)32-24(38)19(6-5-11-31-27(30)42)34-25(39)23(29)16(3)4/h7-10,15-16,19-20,22-23,37H,5-6,11-14,29H2,1-4H3,(H,32,38)(H,33,36)(H,34,39)(H,35,43)(H,40,41)(H3,30,31,42)/t19-,20-,22?,23-/m0/s1. The van der Waals surface area contributed by atoms with Crippen LogP contribution in [0.15, 0.2) is 24.3 Å². The summed E-state index contributed by atoms with van der Waals surface area (Å²) in [5.41, 5.74) is 11.9. The SMILES string of the molecule is CC(C)C[C@H](NC(=O)CC(O)NC(=O)OCc1ccc(NC(=O)[C@H](CCCNC(N)=O)NC(=O)[C@@H](N)C(C)C)cc1)C(=O)O. The fourth-order valence-electron chi connectivity index (χ4n) is 3.77. The van der Waals surface area contributed by atoms with Crippen molar-refractivity contribution < 1.29 is 43.7 Å². The fourth-order valence-corrected chi connectivity index (χ4v) is 3.77.